The summed E-state index contributed by atoms with van der Waals surface area (Å²) < 4.78 is 7.35. The van der Waals surface area contributed by atoms with E-state index in [1.807, 2.05) is 37.6 Å². The third-order valence-corrected chi connectivity index (χ3v) is 2.49. The van der Waals surface area contributed by atoms with Crippen molar-refractivity contribution < 1.29 is 4.74 Å². The van der Waals surface area contributed by atoms with Crippen LogP contribution in [0.1, 0.15) is 38.3 Å². The molecule has 1 fully saturated rings. The molecule has 4 heteroatoms. The molecule has 0 saturated carbocycles. The first kappa shape index (κ1) is 9.22. The molecule has 1 aliphatic heterocycles. The van der Waals surface area contributed by atoms with E-state index in [2.05, 4.69) is 5.10 Å². The van der Waals surface area contributed by atoms with Gasteiger partial charge in [0.1, 0.15) is 12.2 Å². The van der Waals surface area contributed by atoms with Gasteiger partial charge in [-0.2, -0.15) is 10.4 Å². The predicted octanol–water partition coefficient (Wildman–Crippen LogP) is 1.62. The lowest BCUT2D eigenvalue weighted by Crippen LogP contribution is -2.05. The fraction of sp³-hybridized carbons (Fsp3) is 0.600. The Morgan fingerprint density at radius 1 is 1.71 bits per heavy atom. The zero-order valence-electron chi connectivity index (χ0n) is 8.61. The molecular weight excluding hydrogens is 178 g/mol. The Balaban J connectivity index is 2.34. The van der Waals surface area contributed by atoms with E-state index in [9.17, 15) is 0 Å². The first-order valence-electron chi connectivity index (χ1n) is 4.74. The Hall–Kier alpha value is -1.34. The molecule has 1 atom stereocenters. The Morgan fingerprint density at radius 2 is 2.36 bits per heavy atom. The van der Waals surface area contributed by atoms with Crippen LogP contribution < -0.4 is 0 Å². The molecule has 4 nitrogen and oxygen atoms in total. The van der Waals surface area contributed by atoms with E-state index in [0.717, 1.165) is 12.2 Å². The van der Waals surface area contributed by atoms with Gasteiger partial charge in [0.05, 0.1) is 11.3 Å². The molecule has 1 aromatic rings. The summed E-state index contributed by atoms with van der Waals surface area (Å²) in [6.45, 7) is 6.85. The van der Waals surface area contributed by atoms with Crippen LogP contribution in [0.15, 0.2) is 6.07 Å². The van der Waals surface area contributed by atoms with E-state index >= 15 is 0 Å². The van der Waals surface area contributed by atoms with Crippen molar-refractivity contribution >= 4 is 0 Å². The van der Waals surface area contributed by atoms with Gasteiger partial charge in [-0.05, 0) is 20.8 Å². The van der Waals surface area contributed by atoms with Crippen LogP contribution in [0, 0.1) is 11.3 Å². The van der Waals surface area contributed by atoms with Crippen molar-refractivity contribution in [1.82, 2.24) is 9.78 Å². The fourth-order valence-electron chi connectivity index (χ4n) is 1.64. The zero-order valence-corrected chi connectivity index (χ0v) is 8.61. The maximum Gasteiger partial charge on any atom is 0.162 e. The fourth-order valence-corrected chi connectivity index (χ4v) is 1.64. The van der Waals surface area contributed by atoms with Crippen molar-refractivity contribution in [2.24, 2.45) is 0 Å². The highest BCUT2D eigenvalue weighted by molar-refractivity contribution is 5.27. The minimum Gasteiger partial charge on any atom is -0.360 e. The van der Waals surface area contributed by atoms with Gasteiger partial charge in [-0.1, -0.05) is 0 Å². The van der Waals surface area contributed by atoms with Gasteiger partial charge < -0.3 is 4.74 Å². The highest BCUT2D eigenvalue weighted by Gasteiger charge is 2.50. The van der Waals surface area contributed by atoms with Crippen molar-refractivity contribution in [3.8, 4) is 6.07 Å². The molecule has 0 bridgehead atoms. The number of nitriles is 1. The van der Waals surface area contributed by atoms with Crippen LogP contribution in [0.4, 0.5) is 0 Å². The summed E-state index contributed by atoms with van der Waals surface area (Å²) in [5.74, 6) is 0. The summed E-state index contributed by atoms with van der Waals surface area (Å²) in [7, 11) is 0. The number of epoxide rings is 1. The van der Waals surface area contributed by atoms with Crippen LogP contribution >= 0.6 is 0 Å². The Kier molecular flexibility index (Phi) is 1.86. The van der Waals surface area contributed by atoms with E-state index in [-0.39, 0.29) is 11.7 Å². The lowest BCUT2D eigenvalue weighted by atomic mass is 10.1. The van der Waals surface area contributed by atoms with Crippen LogP contribution in [0.5, 0.6) is 0 Å². The van der Waals surface area contributed by atoms with Crippen LogP contribution in [-0.2, 0) is 11.3 Å². The van der Waals surface area contributed by atoms with Crippen molar-refractivity contribution in [2.45, 2.75) is 39.0 Å². The quantitative estimate of drug-likeness (QED) is 0.667. The van der Waals surface area contributed by atoms with Gasteiger partial charge in [0, 0.05) is 12.6 Å². The maximum atomic E-state index is 8.74. The maximum absolute atomic E-state index is 8.74. The van der Waals surface area contributed by atoms with E-state index < -0.39 is 0 Å². The molecule has 14 heavy (non-hydrogen) atoms. The highest BCUT2D eigenvalue weighted by atomic mass is 16.6. The molecule has 2 heterocycles. The average molecular weight is 191 g/mol. The topological polar surface area (TPSA) is 54.1 Å². The molecule has 0 aliphatic carbocycles. The number of ether oxygens (including phenoxy) is 1. The van der Waals surface area contributed by atoms with Crippen molar-refractivity contribution in [3.05, 3.63) is 17.5 Å². The summed E-state index contributed by atoms with van der Waals surface area (Å²) in [4.78, 5) is 0. The number of hydrogen-bond acceptors (Lipinski definition) is 3. The predicted molar refractivity (Wildman–Crippen MR) is 50.5 cm³/mol. The third-order valence-electron chi connectivity index (χ3n) is 2.49. The average Bonchev–Trinajstić information content (AvgIpc) is 2.65. The lowest BCUT2D eigenvalue weighted by molar-refractivity contribution is 0.321. The Bertz CT molecular complexity index is 400. The van der Waals surface area contributed by atoms with Crippen molar-refractivity contribution in [3.63, 3.8) is 0 Å². The van der Waals surface area contributed by atoms with Gasteiger partial charge in [0.15, 0.2) is 5.69 Å². The number of aromatic nitrogens is 2. The standard InChI is InChI=1S/C10H13N3O/c1-4-13-8(5-7(6-11)12-13)9-10(2,3)14-9/h5,9H,4H2,1-3H3. The second kappa shape index (κ2) is 2.82. The molecule has 1 aromatic heterocycles. The van der Waals surface area contributed by atoms with Gasteiger partial charge in [0.25, 0.3) is 0 Å². The van der Waals surface area contributed by atoms with Gasteiger partial charge in [-0.25, -0.2) is 0 Å². The van der Waals surface area contributed by atoms with E-state index in [1.165, 1.54) is 0 Å². The summed E-state index contributed by atoms with van der Waals surface area (Å²) in [5.41, 5.74) is 1.38. The highest BCUT2D eigenvalue weighted by Crippen LogP contribution is 2.48. The SMILES string of the molecule is CCn1nc(C#N)cc1C1OC1(C)C. The molecular formula is C10H13N3O. The van der Waals surface area contributed by atoms with Gasteiger partial charge >= 0.3 is 0 Å². The van der Waals surface area contributed by atoms with Gasteiger partial charge in [-0.15, -0.1) is 0 Å². The van der Waals surface area contributed by atoms with Gasteiger partial charge in [-0.3, -0.25) is 4.68 Å². The molecule has 1 saturated heterocycles. The molecule has 1 unspecified atom stereocenters. The van der Waals surface area contributed by atoms with Crippen LogP contribution in [0.2, 0.25) is 0 Å². The largest absolute Gasteiger partial charge is 0.360 e. The number of hydrogen-bond donors (Lipinski definition) is 0. The van der Waals surface area contributed by atoms with Crippen LogP contribution in [0.25, 0.3) is 0 Å². The molecule has 0 aromatic carbocycles. The summed E-state index contributed by atoms with van der Waals surface area (Å²) >= 11 is 0. The third kappa shape index (κ3) is 1.30. The second-order valence-corrected chi connectivity index (χ2v) is 3.98. The van der Waals surface area contributed by atoms with Gasteiger partial charge in [0.2, 0.25) is 0 Å². The minimum absolute atomic E-state index is 0.0945. The van der Waals surface area contributed by atoms with Crippen LogP contribution in [0.3, 0.4) is 0 Å². The zero-order chi connectivity index (χ0) is 10.3. The smallest absolute Gasteiger partial charge is 0.162 e. The Labute approximate surface area is 83.1 Å². The molecule has 2 rings (SSSR count). The number of nitrogens with zero attached hydrogens (tertiary/aromatic N) is 3. The van der Waals surface area contributed by atoms with E-state index in [0.29, 0.717) is 5.69 Å². The molecule has 0 spiro atoms. The first-order chi connectivity index (χ1) is 6.58. The molecule has 1 aliphatic rings. The minimum atomic E-state index is -0.0975. The molecule has 0 radical (unpaired) electrons. The van der Waals surface area contributed by atoms with Crippen LogP contribution in [-0.4, -0.2) is 15.4 Å². The molecule has 0 N–H and O–H groups in total. The summed E-state index contributed by atoms with van der Waals surface area (Å²) in [6.07, 6.45) is 0.0945. The van der Waals surface area contributed by atoms with Crippen molar-refractivity contribution in [1.29, 1.82) is 5.26 Å². The summed E-state index contributed by atoms with van der Waals surface area (Å²) in [5, 5.41) is 12.9. The number of rotatable bonds is 2. The van der Waals surface area contributed by atoms with Crippen molar-refractivity contribution in [2.75, 3.05) is 0 Å². The lowest BCUT2D eigenvalue weighted by Gasteiger charge is -2.01. The normalized spacial score (nSPS) is 23.1. The summed E-state index contributed by atoms with van der Waals surface area (Å²) in [6, 6.07) is 3.85. The second-order valence-electron chi connectivity index (χ2n) is 3.98. The Morgan fingerprint density at radius 3 is 2.79 bits per heavy atom. The van der Waals surface area contributed by atoms with E-state index in [4.69, 9.17) is 10.00 Å². The first-order valence-corrected chi connectivity index (χ1v) is 4.74. The molecule has 0 amide bonds. The molecule has 74 valence electrons. The van der Waals surface area contributed by atoms with E-state index in [1.54, 1.807) is 0 Å². The monoisotopic (exact) mass is 191 g/mol. The number of aryl methyl sites for hydroxylation is 1.